The lowest BCUT2D eigenvalue weighted by molar-refractivity contribution is -0.150. The molecule has 30 heavy (non-hydrogen) atoms. The van der Waals surface area contributed by atoms with Gasteiger partial charge in [0.05, 0.1) is 11.1 Å². The molecule has 2 amide bonds. The third-order valence-electron chi connectivity index (χ3n) is 4.69. The Morgan fingerprint density at radius 2 is 1.83 bits per heavy atom. The van der Waals surface area contributed by atoms with Gasteiger partial charge in [-0.05, 0) is 37.6 Å². The Kier molecular flexibility index (Phi) is 4.86. The molecule has 0 aliphatic carbocycles. The third-order valence-corrected chi connectivity index (χ3v) is 4.69. The van der Waals surface area contributed by atoms with Gasteiger partial charge in [0, 0.05) is 5.56 Å². The van der Waals surface area contributed by atoms with Gasteiger partial charge in [-0.3, -0.25) is 19.3 Å². The van der Waals surface area contributed by atoms with Crippen LogP contribution in [0.4, 0.5) is 4.39 Å². The molecule has 1 aliphatic rings. The summed E-state index contributed by atoms with van der Waals surface area (Å²) in [5, 5.41) is 3.78. The molecule has 4 rings (SSSR count). The second-order valence-corrected chi connectivity index (χ2v) is 6.79. The van der Waals surface area contributed by atoms with E-state index in [2.05, 4.69) is 10.1 Å². The first-order valence-electron chi connectivity index (χ1n) is 9.10. The van der Waals surface area contributed by atoms with Gasteiger partial charge in [0.1, 0.15) is 12.4 Å². The zero-order valence-corrected chi connectivity index (χ0v) is 16.1. The average Bonchev–Trinajstić information content (AvgIpc) is 3.31. The second-order valence-electron chi connectivity index (χ2n) is 6.79. The van der Waals surface area contributed by atoms with Crippen molar-refractivity contribution >= 4 is 17.8 Å². The SMILES string of the molecule is Cc1ccc(-c2noc(C(C)OC(=O)CN3C(=O)c4ccccc4C3=O)n2)cc1F. The van der Waals surface area contributed by atoms with Gasteiger partial charge in [-0.25, -0.2) is 4.39 Å². The van der Waals surface area contributed by atoms with Gasteiger partial charge in [-0.2, -0.15) is 4.98 Å². The maximum Gasteiger partial charge on any atom is 0.326 e. The topological polar surface area (TPSA) is 103 Å². The number of hydrogen-bond acceptors (Lipinski definition) is 7. The second kappa shape index (κ2) is 7.51. The minimum absolute atomic E-state index is 0.00157. The lowest BCUT2D eigenvalue weighted by Crippen LogP contribution is -2.36. The van der Waals surface area contributed by atoms with Crippen molar-refractivity contribution in [1.82, 2.24) is 15.0 Å². The molecule has 0 fully saturated rings. The summed E-state index contributed by atoms with van der Waals surface area (Å²) in [4.78, 5) is 41.9. The molecular weight excluding hydrogens is 393 g/mol. The van der Waals surface area contributed by atoms with Crippen LogP contribution >= 0.6 is 0 Å². The number of nitrogens with zero attached hydrogens (tertiary/aromatic N) is 3. The highest BCUT2D eigenvalue weighted by atomic mass is 19.1. The van der Waals surface area contributed by atoms with Gasteiger partial charge >= 0.3 is 5.97 Å². The Bertz CT molecular complexity index is 1140. The third kappa shape index (κ3) is 3.45. The van der Waals surface area contributed by atoms with Crippen molar-refractivity contribution in [3.05, 3.63) is 70.9 Å². The smallest absolute Gasteiger partial charge is 0.326 e. The molecule has 152 valence electrons. The predicted octanol–water partition coefficient (Wildman–Crippen LogP) is 3.08. The molecule has 0 radical (unpaired) electrons. The largest absolute Gasteiger partial charge is 0.451 e. The quantitative estimate of drug-likeness (QED) is 0.471. The van der Waals surface area contributed by atoms with Crippen LogP contribution in [0.1, 0.15) is 45.2 Å². The molecule has 1 aliphatic heterocycles. The summed E-state index contributed by atoms with van der Waals surface area (Å²) in [6.45, 7) is 2.60. The van der Waals surface area contributed by atoms with Crippen molar-refractivity contribution in [1.29, 1.82) is 0 Å². The molecule has 0 saturated carbocycles. The van der Waals surface area contributed by atoms with E-state index in [0.717, 1.165) is 4.90 Å². The molecule has 3 aromatic rings. The van der Waals surface area contributed by atoms with Gasteiger partial charge in [0.2, 0.25) is 5.82 Å². The molecule has 0 spiro atoms. The van der Waals surface area contributed by atoms with Crippen LogP contribution in [0.5, 0.6) is 0 Å². The molecule has 0 saturated heterocycles. The Morgan fingerprint density at radius 3 is 2.47 bits per heavy atom. The van der Waals surface area contributed by atoms with Crippen molar-refractivity contribution < 1.29 is 28.0 Å². The van der Waals surface area contributed by atoms with Crippen molar-refractivity contribution in [3.63, 3.8) is 0 Å². The summed E-state index contributed by atoms with van der Waals surface area (Å²) in [5.74, 6) is -2.17. The molecule has 2 aromatic carbocycles. The van der Waals surface area contributed by atoms with E-state index in [1.54, 1.807) is 31.2 Å². The minimum Gasteiger partial charge on any atom is -0.451 e. The van der Waals surface area contributed by atoms with Crippen LogP contribution in [0.25, 0.3) is 11.4 Å². The number of amides is 2. The number of rotatable bonds is 5. The van der Waals surface area contributed by atoms with Crippen LogP contribution in [0, 0.1) is 12.7 Å². The zero-order valence-electron chi connectivity index (χ0n) is 16.1. The lowest BCUT2D eigenvalue weighted by Gasteiger charge is -2.14. The fourth-order valence-electron chi connectivity index (χ4n) is 3.05. The number of esters is 1. The molecule has 9 heteroatoms. The molecule has 2 heterocycles. The number of carbonyl (C=O) groups excluding carboxylic acids is 3. The van der Waals surface area contributed by atoms with Crippen LogP contribution in [-0.4, -0.2) is 39.4 Å². The molecule has 1 atom stereocenters. The number of imide groups is 1. The molecule has 1 aromatic heterocycles. The normalized spacial score (nSPS) is 14.0. The highest BCUT2D eigenvalue weighted by molar-refractivity contribution is 6.22. The number of halogens is 1. The summed E-state index contributed by atoms with van der Waals surface area (Å²) in [6, 6.07) is 10.8. The van der Waals surface area contributed by atoms with Crippen molar-refractivity contribution in [2.75, 3.05) is 6.54 Å². The summed E-state index contributed by atoms with van der Waals surface area (Å²) in [6.07, 6.45) is -0.927. The van der Waals surface area contributed by atoms with Crippen LogP contribution in [0.15, 0.2) is 47.0 Å². The predicted molar refractivity (Wildman–Crippen MR) is 101 cm³/mol. The first-order valence-corrected chi connectivity index (χ1v) is 9.10. The number of aromatic nitrogens is 2. The maximum atomic E-state index is 13.7. The first kappa shape index (κ1) is 19.4. The van der Waals surface area contributed by atoms with Crippen LogP contribution in [0.2, 0.25) is 0 Å². The van der Waals surface area contributed by atoms with E-state index in [0.29, 0.717) is 11.1 Å². The highest BCUT2D eigenvalue weighted by Gasteiger charge is 2.37. The molecule has 8 nitrogen and oxygen atoms in total. The zero-order chi connectivity index (χ0) is 21.4. The van der Waals surface area contributed by atoms with Crippen LogP contribution in [0.3, 0.4) is 0 Å². The lowest BCUT2D eigenvalue weighted by atomic mass is 10.1. The fraction of sp³-hybridized carbons (Fsp3) is 0.190. The number of hydrogen-bond donors (Lipinski definition) is 0. The maximum absolute atomic E-state index is 13.7. The summed E-state index contributed by atoms with van der Waals surface area (Å²) in [5.41, 5.74) is 1.39. The van der Waals surface area contributed by atoms with E-state index >= 15 is 0 Å². The van der Waals surface area contributed by atoms with Gasteiger partial charge in [-0.15, -0.1) is 0 Å². The highest BCUT2D eigenvalue weighted by Crippen LogP contribution is 2.24. The first-order chi connectivity index (χ1) is 14.3. The summed E-state index contributed by atoms with van der Waals surface area (Å²) >= 11 is 0. The Balaban J connectivity index is 1.42. The molecule has 0 bridgehead atoms. The van der Waals surface area contributed by atoms with Crippen molar-refractivity contribution in [2.24, 2.45) is 0 Å². The Hall–Kier alpha value is -3.88. The van der Waals surface area contributed by atoms with Crippen molar-refractivity contribution in [3.8, 4) is 11.4 Å². The van der Waals surface area contributed by atoms with Crippen molar-refractivity contribution in [2.45, 2.75) is 20.0 Å². The number of carbonyl (C=O) groups is 3. The van der Waals surface area contributed by atoms with E-state index in [4.69, 9.17) is 9.26 Å². The van der Waals surface area contributed by atoms with Gasteiger partial charge in [-0.1, -0.05) is 29.4 Å². The Labute approximate surface area is 170 Å². The summed E-state index contributed by atoms with van der Waals surface area (Å²) in [7, 11) is 0. The van der Waals surface area contributed by atoms with Crippen LogP contribution in [-0.2, 0) is 9.53 Å². The molecule has 1 unspecified atom stereocenters. The van der Waals surface area contributed by atoms with Gasteiger partial charge < -0.3 is 9.26 Å². The van der Waals surface area contributed by atoms with Crippen LogP contribution < -0.4 is 0 Å². The van der Waals surface area contributed by atoms with E-state index in [9.17, 15) is 18.8 Å². The molecule has 0 N–H and O–H groups in total. The van der Waals surface area contributed by atoms with E-state index < -0.39 is 36.2 Å². The number of fused-ring (bicyclic) bond motifs is 1. The average molecular weight is 409 g/mol. The monoisotopic (exact) mass is 409 g/mol. The number of ether oxygens (including phenoxy) is 1. The van der Waals surface area contributed by atoms with E-state index in [-0.39, 0.29) is 22.8 Å². The standard InChI is InChI=1S/C21H16FN3O5/c1-11-7-8-13(9-16(11)22)18-23-19(30-24-18)12(2)29-17(26)10-25-20(27)14-5-3-4-6-15(14)21(25)28/h3-9,12H,10H2,1-2H3. The number of benzene rings is 2. The van der Waals surface area contributed by atoms with Gasteiger partial charge in [0.25, 0.3) is 17.7 Å². The van der Waals surface area contributed by atoms with E-state index in [1.807, 2.05) is 0 Å². The minimum atomic E-state index is -0.927. The number of aryl methyl sites for hydroxylation is 1. The Morgan fingerprint density at radius 1 is 1.17 bits per heavy atom. The van der Waals surface area contributed by atoms with E-state index in [1.165, 1.54) is 25.1 Å². The molecular formula is C21H16FN3O5. The summed E-state index contributed by atoms with van der Waals surface area (Å²) < 4.78 is 24.1. The fourth-order valence-corrected chi connectivity index (χ4v) is 3.05. The van der Waals surface area contributed by atoms with Gasteiger partial charge in [0.15, 0.2) is 6.10 Å².